The van der Waals surface area contributed by atoms with Crippen molar-refractivity contribution < 1.29 is 20.1 Å². The lowest BCUT2D eigenvalue weighted by atomic mass is 10.0. The topological polar surface area (TPSA) is 125 Å². The van der Waals surface area contributed by atoms with E-state index in [2.05, 4.69) is 24.6 Å². The second-order valence-corrected chi connectivity index (χ2v) is 11.1. The van der Waals surface area contributed by atoms with Gasteiger partial charge in [0.25, 0.3) is 5.56 Å². The van der Waals surface area contributed by atoms with Gasteiger partial charge in [-0.2, -0.15) is 0 Å². The van der Waals surface area contributed by atoms with Crippen molar-refractivity contribution >= 4 is 13.2 Å². The number of ether oxygens (including phenoxy) is 1. The van der Waals surface area contributed by atoms with Crippen LogP contribution in [0.2, 0.25) is 0 Å². The van der Waals surface area contributed by atoms with Crippen LogP contribution in [-0.4, -0.2) is 75.6 Å². The van der Waals surface area contributed by atoms with E-state index in [9.17, 15) is 19.8 Å². The van der Waals surface area contributed by atoms with E-state index in [1.54, 1.807) is 0 Å². The molecule has 0 saturated carbocycles. The summed E-state index contributed by atoms with van der Waals surface area (Å²) in [5, 5.41) is 29.4. The third kappa shape index (κ3) is 4.26. The van der Waals surface area contributed by atoms with E-state index in [0.29, 0.717) is 6.42 Å². The third-order valence-electron chi connectivity index (χ3n) is 4.07. The average Bonchev–Trinajstić information content (AvgIpc) is 2.75. The molecule has 9 heteroatoms. The fourth-order valence-corrected chi connectivity index (χ4v) is 3.68. The van der Waals surface area contributed by atoms with Gasteiger partial charge in [-0.25, -0.2) is 4.79 Å². The maximum absolute atomic E-state index is 12.1. The van der Waals surface area contributed by atoms with Crippen LogP contribution in [0.5, 0.6) is 0 Å². The van der Waals surface area contributed by atoms with Gasteiger partial charge in [0.15, 0.2) is 0 Å². The number of hydrogen-bond acceptors (Lipinski definition) is 6. The van der Waals surface area contributed by atoms with Crippen LogP contribution in [-0.2, 0) is 11.3 Å². The monoisotopic (exact) mass is 360 g/mol. The molecule has 2 rings (SSSR count). The van der Waals surface area contributed by atoms with Crippen molar-refractivity contribution in [3.63, 3.8) is 0 Å². The standard InChI is InChI=1S/C15H25N2O6P/c1-24(2,3)7-4-10-11(19)12(20)13(23-10)9-8-17(5-6-18)15(22)16-14(9)21/h8,10-13,18-20H,1,4-7H2,2-3H3,(H,16,21,22)/t10-,11-,12-,13+/m1/s1. The summed E-state index contributed by atoms with van der Waals surface area (Å²) in [5.74, 6) is 0. The molecule has 1 saturated heterocycles. The number of rotatable bonds is 6. The summed E-state index contributed by atoms with van der Waals surface area (Å²) in [7, 11) is 0. The van der Waals surface area contributed by atoms with Gasteiger partial charge in [0, 0.05) is 6.20 Å². The second kappa shape index (κ2) is 7.37. The van der Waals surface area contributed by atoms with Crippen molar-refractivity contribution in [2.24, 2.45) is 0 Å². The van der Waals surface area contributed by atoms with E-state index >= 15 is 0 Å². The van der Waals surface area contributed by atoms with Crippen LogP contribution >= 0.6 is 6.89 Å². The van der Waals surface area contributed by atoms with Gasteiger partial charge in [-0.05, 0) is 25.9 Å². The first-order chi connectivity index (χ1) is 11.1. The maximum Gasteiger partial charge on any atom is 0.328 e. The third-order valence-corrected chi connectivity index (χ3v) is 5.54. The lowest BCUT2D eigenvalue weighted by molar-refractivity contribution is 0.00490. The van der Waals surface area contributed by atoms with Crippen molar-refractivity contribution in [3.05, 3.63) is 32.6 Å². The number of nitrogens with one attached hydrogen (secondary N) is 1. The highest BCUT2D eigenvalue weighted by atomic mass is 31.2. The molecule has 4 atom stereocenters. The van der Waals surface area contributed by atoms with Crippen LogP contribution in [0.25, 0.3) is 0 Å². The van der Waals surface area contributed by atoms with Gasteiger partial charge in [-0.1, -0.05) is 0 Å². The van der Waals surface area contributed by atoms with Gasteiger partial charge in [-0.3, -0.25) is 14.3 Å². The quantitative estimate of drug-likeness (QED) is 0.472. The van der Waals surface area contributed by atoms with Crippen molar-refractivity contribution in [2.75, 3.05) is 26.1 Å². The summed E-state index contributed by atoms with van der Waals surface area (Å²) >= 11 is 0. The van der Waals surface area contributed by atoms with Gasteiger partial charge in [0.05, 0.1) is 24.8 Å². The molecule has 0 radical (unpaired) electrons. The Morgan fingerprint density at radius 1 is 1.33 bits per heavy atom. The normalized spacial score (nSPS) is 27.5. The zero-order valence-electron chi connectivity index (χ0n) is 13.9. The molecule has 0 amide bonds. The van der Waals surface area contributed by atoms with Crippen LogP contribution in [0, 0.1) is 0 Å². The summed E-state index contributed by atoms with van der Waals surface area (Å²) in [6.45, 7) is 2.57. The maximum atomic E-state index is 12.1. The molecule has 136 valence electrons. The SMILES string of the molecule is C=P(C)(C)CC[C@H]1O[C@@H](c2cn(CCO)c(=O)[nH]c2=O)[C@H](O)[C@@H]1O. The summed E-state index contributed by atoms with van der Waals surface area (Å²) in [6.07, 6.45) is 2.70. The molecule has 8 nitrogen and oxygen atoms in total. The molecule has 2 heterocycles. The Morgan fingerprint density at radius 2 is 2.00 bits per heavy atom. The molecule has 1 aromatic heterocycles. The summed E-state index contributed by atoms with van der Waals surface area (Å²) in [5.41, 5.74) is -1.26. The van der Waals surface area contributed by atoms with Gasteiger partial charge >= 0.3 is 5.69 Å². The molecule has 1 fully saturated rings. The molecule has 1 aliphatic heterocycles. The first kappa shape index (κ1) is 19.1. The average molecular weight is 360 g/mol. The van der Waals surface area contributed by atoms with Crippen molar-refractivity contribution in [3.8, 4) is 0 Å². The van der Waals surface area contributed by atoms with Gasteiger partial charge < -0.3 is 20.1 Å². The number of aliphatic hydroxyl groups is 3. The first-order valence-corrected chi connectivity index (χ1v) is 10.8. The Balaban J connectivity index is 2.26. The number of hydrogen-bond donors (Lipinski definition) is 4. The number of H-pyrrole nitrogens is 1. The Labute approximate surface area is 139 Å². The van der Waals surface area contributed by atoms with Crippen LogP contribution in [0.3, 0.4) is 0 Å². The predicted octanol–water partition coefficient (Wildman–Crippen LogP) is -1.21. The van der Waals surface area contributed by atoms with Crippen molar-refractivity contribution in [1.29, 1.82) is 0 Å². The highest BCUT2D eigenvalue weighted by Gasteiger charge is 2.44. The number of aromatic nitrogens is 2. The molecule has 1 aromatic rings. The second-order valence-electron chi connectivity index (χ2n) is 6.79. The molecule has 0 unspecified atom stereocenters. The Bertz CT molecular complexity index is 736. The molecular formula is C15H25N2O6P. The lowest BCUT2D eigenvalue weighted by Crippen LogP contribution is -2.36. The minimum atomic E-state index is -1.30. The molecule has 0 aromatic carbocycles. The highest BCUT2D eigenvalue weighted by Crippen LogP contribution is 2.40. The van der Waals surface area contributed by atoms with E-state index in [4.69, 9.17) is 9.84 Å². The lowest BCUT2D eigenvalue weighted by Gasteiger charge is -2.18. The molecule has 0 aliphatic carbocycles. The van der Waals surface area contributed by atoms with E-state index in [1.165, 1.54) is 6.20 Å². The van der Waals surface area contributed by atoms with Crippen molar-refractivity contribution in [2.45, 2.75) is 37.4 Å². The molecule has 24 heavy (non-hydrogen) atoms. The van der Waals surface area contributed by atoms with E-state index < -0.39 is 42.6 Å². The molecule has 1 aliphatic rings. The zero-order chi connectivity index (χ0) is 18.1. The number of nitrogens with zero attached hydrogens (tertiary/aromatic N) is 1. The minimum Gasteiger partial charge on any atom is -0.395 e. The summed E-state index contributed by atoms with van der Waals surface area (Å²) in [6, 6.07) is 0. The Hall–Kier alpha value is -1.18. The Morgan fingerprint density at radius 3 is 2.58 bits per heavy atom. The fraction of sp³-hybridized carbons (Fsp3) is 0.667. The Kier molecular flexibility index (Phi) is 5.88. The minimum absolute atomic E-state index is 0.0115. The number of aromatic amines is 1. The van der Waals surface area contributed by atoms with E-state index in [1.807, 2.05) is 0 Å². The van der Waals surface area contributed by atoms with Gasteiger partial charge in [0.1, 0.15) is 18.3 Å². The molecule has 4 N–H and O–H groups in total. The zero-order valence-corrected chi connectivity index (χ0v) is 14.8. The van der Waals surface area contributed by atoms with Gasteiger partial charge in [0.2, 0.25) is 0 Å². The van der Waals surface area contributed by atoms with Crippen molar-refractivity contribution in [1.82, 2.24) is 9.55 Å². The van der Waals surface area contributed by atoms with Gasteiger partial charge in [-0.15, -0.1) is 13.2 Å². The molecule has 0 spiro atoms. The molecule has 0 bridgehead atoms. The highest BCUT2D eigenvalue weighted by molar-refractivity contribution is 7.72. The fourth-order valence-electron chi connectivity index (χ4n) is 2.72. The van der Waals surface area contributed by atoms with Crippen LogP contribution in [0.4, 0.5) is 0 Å². The van der Waals surface area contributed by atoms with Crippen LogP contribution in [0.15, 0.2) is 15.8 Å². The smallest absolute Gasteiger partial charge is 0.328 e. The van der Waals surface area contributed by atoms with E-state index in [0.717, 1.165) is 10.7 Å². The summed E-state index contributed by atoms with van der Waals surface area (Å²) in [4.78, 5) is 25.9. The van der Waals surface area contributed by atoms with Crippen LogP contribution in [0.1, 0.15) is 18.1 Å². The molecular weight excluding hydrogens is 335 g/mol. The van der Waals surface area contributed by atoms with Crippen LogP contribution < -0.4 is 11.2 Å². The predicted molar refractivity (Wildman–Crippen MR) is 93.4 cm³/mol. The number of aliphatic hydroxyl groups excluding tert-OH is 3. The largest absolute Gasteiger partial charge is 0.395 e. The summed E-state index contributed by atoms with van der Waals surface area (Å²) < 4.78 is 6.85. The van der Waals surface area contributed by atoms with E-state index in [-0.39, 0.29) is 18.7 Å². The first-order valence-electron chi connectivity index (χ1n) is 7.77.